The van der Waals surface area contributed by atoms with Gasteiger partial charge in [-0.2, -0.15) is 12.6 Å². The zero-order chi connectivity index (χ0) is 26.2. The van der Waals surface area contributed by atoms with Crippen molar-refractivity contribution in [1.82, 2.24) is 16.0 Å². The van der Waals surface area contributed by atoms with E-state index in [9.17, 15) is 19.2 Å². The minimum Gasteiger partial charge on any atom is -0.480 e. The van der Waals surface area contributed by atoms with Crippen molar-refractivity contribution in [3.05, 3.63) is 59.7 Å². The highest BCUT2D eigenvalue weighted by Crippen LogP contribution is 2.44. The summed E-state index contributed by atoms with van der Waals surface area (Å²) in [6.07, 6.45) is -0.459. The van der Waals surface area contributed by atoms with Gasteiger partial charge in [0.2, 0.25) is 11.8 Å². The lowest BCUT2D eigenvalue weighted by molar-refractivity contribution is -0.141. The Morgan fingerprint density at radius 3 is 2.06 bits per heavy atom. The number of amides is 3. The third-order valence-electron chi connectivity index (χ3n) is 5.89. The summed E-state index contributed by atoms with van der Waals surface area (Å²) in [6, 6.07) is 13.8. The van der Waals surface area contributed by atoms with Gasteiger partial charge in [0.25, 0.3) is 0 Å². The molecule has 0 heterocycles. The molecule has 0 aliphatic heterocycles. The van der Waals surface area contributed by atoms with E-state index in [2.05, 4.69) is 28.6 Å². The molecule has 0 unspecified atom stereocenters. The Bertz CT molecular complexity index is 1080. The first-order chi connectivity index (χ1) is 17.2. The maximum Gasteiger partial charge on any atom is 0.407 e. The van der Waals surface area contributed by atoms with Gasteiger partial charge in [-0.1, -0.05) is 62.4 Å². The molecule has 0 aromatic heterocycles. The van der Waals surface area contributed by atoms with Crippen molar-refractivity contribution in [3.63, 3.8) is 0 Å². The summed E-state index contributed by atoms with van der Waals surface area (Å²) in [4.78, 5) is 48.5. The Labute approximate surface area is 215 Å². The highest BCUT2D eigenvalue weighted by atomic mass is 32.1. The molecule has 4 N–H and O–H groups in total. The lowest BCUT2D eigenvalue weighted by Gasteiger charge is -2.22. The van der Waals surface area contributed by atoms with E-state index in [1.807, 2.05) is 62.4 Å². The molecule has 0 fully saturated rings. The predicted octanol–water partition coefficient (Wildman–Crippen LogP) is 2.56. The molecular weight excluding hydrogens is 482 g/mol. The highest BCUT2D eigenvalue weighted by molar-refractivity contribution is 7.80. The molecule has 3 amide bonds. The lowest BCUT2D eigenvalue weighted by atomic mass is 9.98. The number of hydrogen-bond donors (Lipinski definition) is 5. The van der Waals surface area contributed by atoms with Gasteiger partial charge in [-0.25, -0.2) is 9.59 Å². The summed E-state index contributed by atoms with van der Waals surface area (Å²) in [5, 5.41) is 16.5. The number of hydrogen-bond acceptors (Lipinski definition) is 6. The fourth-order valence-corrected chi connectivity index (χ4v) is 4.46. The van der Waals surface area contributed by atoms with Gasteiger partial charge in [0.1, 0.15) is 25.2 Å². The second-order valence-corrected chi connectivity index (χ2v) is 9.38. The standard InChI is InChI=1S/C26H31N3O6S/c1-15(2)11-21(24(31)29-22(14-36)25(32)33)28-23(30)12-27-26(34)35-13-20-18-9-5-3-7-16(18)17-8-4-6-10-19(17)20/h3-10,15,20-22,36H,11-14H2,1-2H3,(H,27,34)(H,28,30)(H,29,31)(H,32,33)/t21-,22-/m0/s1. The van der Waals surface area contributed by atoms with Gasteiger partial charge < -0.3 is 25.8 Å². The normalized spacial score (nSPS) is 13.8. The monoisotopic (exact) mass is 513 g/mol. The van der Waals surface area contributed by atoms with Gasteiger partial charge in [-0.3, -0.25) is 9.59 Å². The van der Waals surface area contributed by atoms with Crippen LogP contribution in [0.2, 0.25) is 0 Å². The molecule has 2 atom stereocenters. The first-order valence-corrected chi connectivity index (χ1v) is 12.4. The van der Waals surface area contributed by atoms with Gasteiger partial charge in [-0.15, -0.1) is 0 Å². The Hall–Kier alpha value is -3.53. The molecule has 1 aliphatic rings. The minimum atomic E-state index is -1.22. The first kappa shape index (κ1) is 27.1. The summed E-state index contributed by atoms with van der Waals surface area (Å²) in [6.45, 7) is 3.46. The molecule has 2 aromatic carbocycles. The van der Waals surface area contributed by atoms with Crippen molar-refractivity contribution < 1.29 is 29.0 Å². The molecule has 0 radical (unpaired) electrons. The summed E-state index contributed by atoms with van der Waals surface area (Å²) in [5.41, 5.74) is 4.37. The maximum absolute atomic E-state index is 12.5. The summed E-state index contributed by atoms with van der Waals surface area (Å²) in [7, 11) is 0. The molecule has 36 heavy (non-hydrogen) atoms. The summed E-state index contributed by atoms with van der Waals surface area (Å²) >= 11 is 3.93. The van der Waals surface area contributed by atoms with Crippen molar-refractivity contribution in [1.29, 1.82) is 0 Å². The zero-order valence-electron chi connectivity index (χ0n) is 20.2. The van der Waals surface area contributed by atoms with Gasteiger partial charge in [-0.05, 0) is 34.6 Å². The van der Waals surface area contributed by atoms with Crippen LogP contribution in [-0.4, -0.2) is 60.0 Å². The predicted molar refractivity (Wildman–Crippen MR) is 138 cm³/mol. The highest BCUT2D eigenvalue weighted by Gasteiger charge is 2.29. The van der Waals surface area contributed by atoms with E-state index in [0.29, 0.717) is 6.42 Å². The average Bonchev–Trinajstić information content (AvgIpc) is 3.17. The fourth-order valence-electron chi connectivity index (χ4n) is 4.21. The quantitative estimate of drug-likeness (QED) is 0.293. The lowest BCUT2D eigenvalue weighted by Crippen LogP contribution is -2.54. The van der Waals surface area contributed by atoms with Crippen LogP contribution in [0.25, 0.3) is 11.1 Å². The largest absolute Gasteiger partial charge is 0.480 e. The second-order valence-electron chi connectivity index (χ2n) is 9.01. The number of carboxylic acids is 1. The number of carboxylic acid groups (broad SMARTS) is 1. The van der Waals surface area contributed by atoms with Crippen LogP contribution in [0.1, 0.15) is 37.3 Å². The summed E-state index contributed by atoms with van der Waals surface area (Å²) < 4.78 is 5.42. The van der Waals surface area contributed by atoms with Crippen LogP contribution >= 0.6 is 12.6 Å². The summed E-state index contributed by atoms with van der Waals surface area (Å²) in [5.74, 6) is -2.58. The topological polar surface area (TPSA) is 134 Å². The van der Waals surface area contributed by atoms with E-state index < -0.39 is 42.5 Å². The number of thiol groups is 1. The van der Waals surface area contributed by atoms with Gasteiger partial charge >= 0.3 is 12.1 Å². The number of carbonyl (C=O) groups excluding carboxylic acids is 3. The first-order valence-electron chi connectivity index (χ1n) is 11.7. The van der Waals surface area contributed by atoms with Crippen LogP contribution in [0.5, 0.6) is 0 Å². The van der Waals surface area contributed by atoms with Crippen molar-refractivity contribution in [2.45, 2.75) is 38.3 Å². The SMILES string of the molecule is CC(C)C[C@H](NC(=O)CNC(=O)OCC1c2ccccc2-c2ccccc21)C(=O)N[C@@H](CS)C(=O)O. The van der Waals surface area contributed by atoms with E-state index in [-0.39, 0.29) is 24.2 Å². The van der Waals surface area contributed by atoms with E-state index in [1.165, 1.54) is 0 Å². The van der Waals surface area contributed by atoms with E-state index in [4.69, 9.17) is 9.84 Å². The third kappa shape index (κ3) is 6.78. The molecule has 9 nitrogen and oxygen atoms in total. The number of nitrogens with one attached hydrogen (secondary N) is 3. The number of fused-ring (bicyclic) bond motifs is 3. The molecule has 2 aromatic rings. The molecule has 0 spiro atoms. The number of aliphatic carboxylic acids is 1. The smallest absolute Gasteiger partial charge is 0.407 e. The zero-order valence-corrected chi connectivity index (χ0v) is 21.1. The third-order valence-corrected chi connectivity index (χ3v) is 6.26. The van der Waals surface area contributed by atoms with Gasteiger partial charge in [0, 0.05) is 11.7 Å². The molecule has 3 rings (SSSR count). The molecule has 192 valence electrons. The number of benzene rings is 2. The number of carbonyl (C=O) groups is 4. The van der Waals surface area contributed by atoms with Crippen molar-refractivity contribution in [2.75, 3.05) is 18.9 Å². The van der Waals surface area contributed by atoms with E-state index in [1.54, 1.807) is 0 Å². The Balaban J connectivity index is 1.53. The van der Waals surface area contributed by atoms with Crippen LogP contribution in [0.4, 0.5) is 4.79 Å². The van der Waals surface area contributed by atoms with Crippen LogP contribution in [0, 0.1) is 5.92 Å². The Kier molecular flexibility index (Phi) is 9.35. The second kappa shape index (κ2) is 12.4. The molecule has 10 heteroatoms. The van der Waals surface area contributed by atoms with E-state index >= 15 is 0 Å². The van der Waals surface area contributed by atoms with Gasteiger partial charge in [0.05, 0.1) is 0 Å². The van der Waals surface area contributed by atoms with Crippen molar-refractivity contribution in [2.24, 2.45) is 5.92 Å². The van der Waals surface area contributed by atoms with Crippen LogP contribution < -0.4 is 16.0 Å². The molecule has 0 saturated heterocycles. The minimum absolute atomic E-state index is 0.0513. The van der Waals surface area contributed by atoms with E-state index in [0.717, 1.165) is 22.3 Å². The Morgan fingerprint density at radius 2 is 1.53 bits per heavy atom. The fraction of sp³-hybridized carbons (Fsp3) is 0.385. The van der Waals surface area contributed by atoms with Crippen LogP contribution in [-0.2, 0) is 19.1 Å². The van der Waals surface area contributed by atoms with Crippen molar-refractivity contribution >= 4 is 36.5 Å². The molecular formula is C26H31N3O6S. The average molecular weight is 514 g/mol. The molecule has 0 bridgehead atoms. The molecule has 0 saturated carbocycles. The van der Waals surface area contributed by atoms with Crippen LogP contribution in [0.15, 0.2) is 48.5 Å². The maximum atomic E-state index is 12.5. The Morgan fingerprint density at radius 1 is 0.944 bits per heavy atom. The van der Waals surface area contributed by atoms with Crippen molar-refractivity contribution in [3.8, 4) is 11.1 Å². The number of ether oxygens (including phenoxy) is 1. The van der Waals surface area contributed by atoms with Crippen LogP contribution in [0.3, 0.4) is 0 Å². The number of alkyl carbamates (subject to hydrolysis) is 1. The van der Waals surface area contributed by atoms with Gasteiger partial charge in [0.15, 0.2) is 0 Å². The number of rotatable bonds is 11. The molecule has 1 aliphatic carbocycles.